The number of amides is 3. The zero-order valence-corrected chi connectivity index (χ0v) is 13.9. The lowest BCUT2D eigenvalue weighted by molar-refractivity contribution is -0.147. The van der Waals surface area contributed by atoms with Crippen LogP contribution < -0.4 is 5.32 Å². The van der Waals surface area contributed by atoms with Crippen LogP contribution in [0.2, 0.25) is 0 Å². The molecule has 5 aliphatic rings. The number of likely N-dealkylation sites (tertiary alicyclic amines) is 1. The Morgan fingerprint density at radius 3 is 2.44 bits per heavy atom. The minimum Gasteiger partial charge on any atom is -0.467 e. The van der Waals surface area contributed by atoms with E-state index in [4.69, 9.17) is 4.42 Å². The van der Waals surface area contributed by atoms with Gasteiger partial charge in [0.2, 0.25) is 17.7 Å². The third kappa shape index (κ3) is 2.00. The molecule has 3 amide bonds. The maximum Gasteiger partial charge on any atom is 0.243 e. The number of hydrogen-bond acceptors (Lipinski definition) is 4. The SMILES string of the molecule is C[C@H](C(=O)NCc1ccco1)N1C(=O)[C@@H]2[C@H]3C=C[C@@H]([C@@H]4C[C@H]34)[C@@H]2C1=O. The minimum atomic E-state index is -0.795. The van der Waals surface area contributed by atoms with Gasteiger partial charge in [-0.1, -0.05) is 12.2 Å². The van der Waals surface area contributed by atoms with E-state index in [0.717, 1.165) is 6.42 Å². The Morgan fingerprint density at radius 1 is 1.24 bits per heavy atom. The van der Waals surface area contributed by atoms with Gasteiger partial charge >= 0.3 is 0 Å². The summed E-state index contributed by atoms with van der Waals surface area (Å²) in [7, 11) is 0. The molecule has 1 N–H and O–H groups in total. The standard InChI is InChI=1S/C19H20N2O4/c1-9(17(22)20-8-10-3-2-6-25-10)21-18(23)15-11-4-5-12(14-7-13(11)14)16(15)19(21)24/h2-6,9,11-16H,7-8H2,1H3,(H,20,22)/t9-,11+,12+,13-,14+,15-,16+/m1/s1. The molecule has 25 heavy (non-hydrogen) atoms. The third-order valence-corrected chi connectivity index (χ3v) is 6.48. The summed E-state index contributed by atoms with van der Waals surface area (Å²) in [5.74, 6) is 0.948. The monoisotopic (exact) mass is 340 g/mol. The first-order chi connectivity index (χ1) is 12.1. The lowest BCUT2D eigenvalue weighted by atomic mass is 9.63. The van der Waals surface area contributed by atoms with Crippen LogP contribution >= 0.6 is 0 Å². The van der Waals surface area contributed by atoms with E-state index in [2.05, 4.69) is 17.5 Å². The number of carbonyl (C=O) groups is 3. The molecular weight excluding hydrogens is 320 g/mol. The van der Waals surface area contributed by atoms with Crippen LogP contribution in [0.4, 0.5) is 0 Å². The smallest absolute Gasteiger partial charge is 0.243 e. The zero-order chi connectivity index (χ0) is 17.3. The van der Waals surface area contributed by atoms with Gasteiger partial charge in [0.1, 0.15) is 11.8 Å². The first-order valence-electron chi connectivity index (χ1n) is 8.93. The van der Waals surface area contributed by atoms with E-state index in [-0.39, 0.29) is 47.9 Å². The summed E-state index contributed by atoms with van der Waals surface area (Å²) >= 11 is 0. The molecule has 1 saturated heterocycles. The number of nitrogens with one attached hydrogen (secondary N) is 1. The molecule has 1 aliphatic heterocycles. The predicted octanol–water partition coefficient (Wildman–Crippen LogP) is 1.34. The van der Waals surface area contributed by atoms with Gasteiger partial charge in [0, 0.05) is 0 Å². The van der Waals surface area contributed by atoms with Gasteiger partial charge in [0.15, 0.2) is 0 Å². The third-order valence-electron chi connectivity index (χ3n) is 6.48. The van der Waals surface area contributed by atoms with Crippen LogP contribution in [-0.2, 0) is 20.9 Å². The molecule has 130 valence electrons. The number of allylic oxidation sites excluding steroid dienone is 2. The van der Waals surface area contributed by atoms with Crippen LogP contribution in [0.15, 0.2) is 35.0 Å². The number of nitrogens with zero attached hydrogens (tertiary/aromatic N) is 1. The first-order valence-corrected chi connectivity index (χ1v) is 8.93. The van der Waals surface area contributed by atoms with Crippen LogP contribution in [-0.4, -0.2) is 28.7 Å². The summed E-state index contributed by atoms with van der Waals surface area (Å²) in [6.45, 7) is 1.87. The summed E-state index contributed by atoms with van der Waals surface area (Å²) in [6, 6.07) is 2.72. The second-order valence-corrected chi connectivity index (χ2v) is 7.67. The Labute approximate surface area is 145 Å². The number of rotatable bonds is 4. The zero-order valence-electron chi connectivity index (χ0n) is 13.9. The molecule has 6 nitrogen and oxygen atoms in total. The Bertz CT molecular complexity index is 747. The molecule has 7 atom stereocenters. The van der Waals surface area contributed by atoms with Gasteiger partial charge in [-0.25, -0.2) is 0 Å². The summed E-state index contributed by atoms with van der Waals surface area (Å²) in [5, 5.41) is 2.75. The fourth-order valence-corrected chi connectivity index (χ4v) is 5.21. The van der Waals surface area contributed by atoms with E-state index in [1.165, 1.54) is 11.2 Å². The highest BCUT2D eigenvalue weighted by atomic mass is 16.3. The molecule has 2 heterocycles. The predicted molar refractivity (Wildman–Crippen MR) is 86.6 cm³/mol. The lowest BCUT2D eigenvalue weighted by Gasteiger charge is -2.37. The Morgan fingerprint density at radius 2 is 1.88 bits per heavy atom. The molecule has 1 aromatic heterocycles. The van der Waals surface area contributed by atoms with Crippen molar-refractivity contribution in [1.29, 1.82) is 0 Å². The number of hydrogen-bond donors (Lipinski definition) is 1. The van der Waals surface area contributed by atoms with Crippen LogP contribution in [0.5, 0.6) is 0 Å². The van der Waals surface area contributed by atoms with E-state index in [1.807, 2.05) is 0 Å². The molecule has 0 radical (unpaired) electrons. The van der Waals surface area contributed by atoms with Crippen molar-refractivity contribution in [3.05, 3.63) is 36.3 Å². The molecule has 0 aromatic carbocycles. The molecule has 0 unspecified atom stereocenters. The van der Waals surface area contributed by atoms with E-state index in [9.17, 15) is 14.4 Å². The van der Waals surface area contributed by atoms with Crippen molar-refractivity contribution in [2.75, 3.05) is 0 Å². The quantitative estimate of drug-likeness (QED) is 0.663. The molecule has 0 spiro atoms. The van der Waals surface area contributed by atoms with Gasteiger partial charge in [0.05, 0.1) is 24.6 Å². The largest absolute Gasteiger partial charge is 0.467 e. The van der Waals surface area contributed by atoms with Crippen LogP contribution in [0.3, 0.4) is 0 Å². The number of imide groups is 1. The van der Waals surface area contributed by atoms with E-state index in [0.29, 0.717) is 17.6 Å². The second kappa shape index (κ2) is 5.07. The second-order valence-electron chi connectivity index (χ2n) is 7.67. The van der Waals surface area contributed by atoms with Gasteiger partial charge < -0.3 is 9.73 Å². The molecule has 4 aliphatic carbocycles. The highest BCUT2D eigenvalue weighted by Crippen LogP contribution is 2.65. The Kier molecular flexibility index (Phi) is 3.03. The molecule has 2 bridgehead atoms. The van der Waals surface area contributed by atoms with E-state index < -0.39 is 6.04 Å². The van der Waals surface area contributed by atoms with Crippen LogP contribution in [0.1, 0.15) is 19.1 Å². The number of carbonyl (C=O) groups excluding carboxylic acids is 3. The summed E-state index contributed by atoms with van der Waals surface area (Å²) in [6.07, 6.45) is 6.94. The Hall–Kier alpha value is -2.37. The lowest BCUT2D eigenvalue weighted by Crippen LogP contribution is -2.48. The van der Waals surface area contributed by atoms with Gasteiger partial charge in [-0.3, -0.25) is 19.3 Å². The van der Waals surface area contributed by atoms with Gasteiger partial charge in [-0.05, 0) is 49.1 Å². The van der Waals surface area contributed by atoms with Crippen molar-refractivity contribution >= 4 is 17.7 Å². The van der Waals surface area contributed by atoms with Gasteiger partial charge in [0.25, 0.3) is 0 Å². The van der Waals surface area contributed by atoms with Gasteiger partial charge in [-0.15, -0.1) is 0 Å². The fraction of sp³-hybridized carbons (Fsp3) is 0.526. The van der Waals surface area contributed by atoms with Crippen molar-refractivity contribution in [2.45, 2.75) is 25.9 Å². The van der Waals surface area contributed by atoms with E-state index >= 15 is 0 Å². The molecule has 2 saturated carbocycles. The molecule has 6 rings (SSSR count). The first kappa shape index (κ1) is 14.9. The van der Waals surface area contributed by atoms with Crippen LogP contribution in [0.25, 0.3) is 0 Å². The average Bonchev–Trinajstić information content (AvgIpc) is 3.21. The normalized spacial score (nSPS) is 38.5. The Balaban J connectivity index is 1.33. The highest BCUT2D eigenvalue weighted by molar-refractivity contribution is 6.09. The van der Waals surface area contributed by atoms with Crippen molar-refractivity contribution < 1.29 is 18.8 Å². The summed E-state index contributed by atoms with van der Waals surface area (Å²) in [4.78, 5) is 39.6. The molecule has 3 fully saturated rings. The number of furan rings is 1. The van der Waals surface area contributed by atoms with Crippen molar-refractivity contribution in [2.24, 2.45) is 35.5 Å². The molecular formula is C19H20N2O4. The highest BCUT2D eigenvalue weighted by Gasteiger charge is 2.67. The van der Waals surface area contributed by atoms with E-state index in [1.54, 1.807) is 19.1 Å². The maximum absolute atomic E-state index is 13.0. The molecule has 6 heteroatoms. The average molecular weight is 340 g/mol. The van der Waals surface area contributed by atoms with Gasteiger partial charge in [-0.2, -0.15) is 0 Å². The molecule has 1 aromatic rings. The summed E-state index contributed by atoms with van der Waals surface area (Å²) < 4.78 is 5.19. The fourth-order valence-electron chi connectivity index (χ4n) is 5.21. The van der Waals surface area contributed by atoms with Crippen LogP contribution in [0, 0.1) is 35.5 Å². The minimum absolute atomic E-state index is 0.166. The van der Waals surface area contributed by atoms with Crippen molar-refractivity contribution in [1.82, 2.24) is 10.2 Å². The van der Waals surface area contributed by atoms with Crippen molar-refractivity contribution in [3.63, 3.8) is 0 Å². The summed E-state index contributed by atoms with van der Waals surface area (Å²) in [5.41, 5.74) is 0. The maximum atomic E-state index is 13.0. The topological polar surface area (TPSA) is 79.6 Å². The van der Waals surface area contributed by atoms with Crippen molar-refractivity contribution in [3.8, 4) is 0 Å².